The Balaban J connectivity index is 1.66. The molecule has 0 saturated carbocycles. The molecule has 37 heavy (non-hydrogen) atoms. The van der Waals surface area contributed by atoms with Gasteiger partial charge in [-0.2, -0.15) is 0 Å². The van der Waals surface area contributed by atoms with Crippen molar-refractivity contribution in [2.75, 3.05) is 37.7 Å². The number of likely N-dealkylation sites (tertiary alicyclic amines) is 1. The number of benzene rings is 1. The summed E-state index contributed by atoms with van der Waals surface area (Å²) < 4.78 is 6.92. The van der Waals surface area contributed by atoms with E-state index in [0.717, 1.165) is 23.2 Å². The van der Waals surface area contributed by atoms with E-state index >= 15 is 0 Å². The van der Waals surface area contributed by atoms with E-state index in [9.17, 15) is 19.5 Å². The van der Waals surface area contributed by atoms with E-state index in [1.807, 2.05) is 70.2 Å². The zero-order valence-electron chi connectivity index (χ0n) is 22.1. The number of aryl methyl sites for hydroxylation is 2. The van der Waals surface area contributed by atoms with Gasteiger partial charge in [0.05, 0.1) is 24.0 Å². The van der Waals surface area contributed by atoms with Crippen LogP contribution in [0.1, 0.15) is 37.8 Å². The molecule has 1 N–H and O–H groups in total. The Hall–Kier alpha value is -2.97. The predicted octanol–water partition coefficient (Wildman–Crippen LogP) is 2.37. The second-order valence-electron chi connectivity index (χ2n) is 10.7. The minimum absolute atomic E-state index is 0.000120. The van der Waals surface area contributed by atoms with Crippen molar-refractivity contribution in [3.63, 3.8) is 0 Å². The number of ether oxygens (including phenoxy) is 1. The SMILES string of the molecule is CCCN1CC=C[C@@]2(CC)O[C@]34C=CCN(c5cc(C)ccc5C)C(=O)C3N(CCO)C(=O)[C@@H]4[C@H]2C1=O. The van der Waals surface area contributed by atoms with E-state index in [1.54, 1.807) is 9.80 Å². The Kier molecular flexibility index (Phi) is 6.52. The van der Waals surface area contributed by atoms with Gasteiger partial charge in [0.15, 0.2) is 0 Å². The van der Waals surface area contributed by atoms with Crippen molar-refractivity contribution < 1.29 is 24.2 Å². The van der Waals surface area contributed by atoms with Gasteiger partial charge in [-0.1, -0.05) is 50.3 Å². The van der Waals surface area contributed by atoms with E-state index < -0.39 is 29.1 Å². The molecular formula is C29H37N3O5. The lowest BCUT2D eigenvalue weighted by atomic mass is 9.73. The highest BCUT2D eigenvalue weighted by Crippen LogP contribution is 2.58. The smallest absolute Gasteiger partial charge is 0.253 e. The number of carbonyl (C=O) groups excluding carboxylic acids is 3. The predicted molar refractivity (Wildman–Crippen MR) is 140 cm³/mol. The topological polar surface area (TPSA) is 90.4 Å². The molecular weight excluding hydrogens is 470 g/mol. The summed E-state index contributed by atoms with van der Waals surface area (Å²) in [6, 6.07) is 4.99. The Morgan fingerprint density at radius 2 is 1.73 bits per heavy atom. The quantitative estimate of drug-likeness (QED) is 0.597. The number of carbonyl (C=O) groups is 3. The molecule has 4 aliphatic rings. The molecule has 5 rings (SSSR count). The maximum atomic E-state index is 14.4. The van der Waals surface area contributed by atoms with E-state index in [4.69, 9.17) is 4.74 Å². The lowest BCUT2D eigenvalue weighted by molar-refractivity contribution is -0.150. The third-order valence-corrected chi connectivity index (χ3v) is 8.51. The average Bonchev–Trinajstić information content (AvgIpc) is 3.16. The standard InChI is InChI=1S/C29H37N3O5/c1-5-13-30-14-7-11-28(6-2)22(25(30)34)23-26(35)32(16-17-33)24-27(36)31(15-8-12-29(23,24)37-28)21-18-19(3)9-10-20(21)4/h7-12,18,22-24,33H,5-6,13-17H2,1-4H3/t22-,23-,24?,28+,29-/m0/s1. The lowest BCUT2D eigenvalue weighted by Gasteiger charge is -2.38. The van der Waals surface area contributed by atoms with Crippen LogP contribution in [0, 0.1) is 25.7 Å². The van der Waals surface area contributed by atoms with Crippen molar-refractivity contribution in [2.24, 2.45) is 11.8 Å². The molecule has 0 aromatic heterocycles. The second-order valence-corrected chi connectivity index (χ2v) is 10.7. The van der Waals surface area contributed by atoms with Crippen molar-refractivity contribution >= 4 is 23.4 Å². The Bertz CT molecular complexity index is 1180. The second kappa shape index (κ2) is 9.40. The maximum absolute atomic E-state index is 14.4. The van der Waals surface area contributed by atoms with Gasteiger partial charge in [-0.3, -0.25) is 14.4 Å². The molecule has 1 aromatic rings. The number of aliphatic hydroxyl groups is 1. The van der Waals surface area contributed by atoms with Crippen LogP contribution in [0.15, 0.2) is 42.5 Å². The molecule has 4 aliphatic heterocycles. The molecule has 2 saturated heterocycles. The average molecular weight is 508 g/mol. The highest BCUT2D eigenvalue weighted by Gasteiger charge is 2.75. The van der Waals surface area contributed by atoms with Gasteiger partial charge < -0.3 is 24.5 Å². The van der Waals surface area contributed by atoms with Crippen molar-refractivity contribution in [1.29, 1.82) is 0 Å². The number of hydrogen-bond donors (Lipinski definition) is 1. The molecule has 3 amide bonds. The summed E-state index contributed by atoms with van der Waals surface area (Å²) in [6.45, 7) is 9.03. The van der Waals surface area contributed by atoms with Crippen LogP contribution in [0.5, 0.6) is 0 Å². The maximum Gasteiger partial charge on any atom is 0.253 e. The van der Waals surface area contributed by atoms with Crippen LogP contribution in [0.25, 0.3) is 0 Å². The molecule has 0 aliphatic carbocycles. The monoisotopic (exact) mass is 507 g/mol. The van der Waals surface area contributed by atoms with Crippen molar-refractivity contribution in [3.8, 4) is 0 Å². The van der Waals surface area contributed by atoms with Gasteiger partial charge in [0.1, 0.15) is 11.6 Å². The summed E-state index contributed by atoms with van der Waals surface area (Å²) in [4.78, 5) is 47.5. The Labute approximate surface area is 218 Å². The van der Waals surface area contributed by atoms with Crippen LogP contribution >= 0.6 is 0 Å². The van der Waals surface area contributed by atoms with Crippen molar-refractivity contribution in [3.05, 3.63) is 53.6 Å². The van der Waals surface area contributed by atoms with Gasteiger partial charge in [0.25, 0.3) is 5.91 Å². The number of anilines is 1. The minimum Gasteiger partial charge on any atom is -0.395 e. The molecule has 1 spiro atoms. The van der Waals surface area contributed by atoms with E-state index in [2.05, 4.69) is 0 Å². The van der Waals surface area contributed by atoms with Crippen molar-refractivity contribution in [1.82, 2.24) is 9.80 Å². The van der Waals surface area contributed by atoms with Gasteiger partial charge in [-0.15, -0.1) is 0 Å². The van der Waals surface area contributed by atoms with E-state index in [1.165, 1.54) is 4.90 Å². The fourth-order valence-corrected chi connectivity index (χ4v) is 6.86. The van der Waals surface area contributed by atoms with Crippen LogP contribution in [0.3, 0.4) is 0 Å². The zero-order chi connectivity index (χ0) is 26.5. The largest absolute Gasteiger partial charge is 0.395 e. The van der Waals surface area contributed by atoms with Crippen LogP contribution in [0.4, 0.5) is 5.69 Å². The first-order chi connectivity index (χ1) is 17.7. The first-order valence-electron chi connectivity index (χ1n) is 13.4. The number of hydrogen-bond acceptors (Lipinski definition) is 5. The normalized spacial score (nSPS) is 32.9. The number of β-amino-alcohol motifs (C(OH)–C–C–N with tert-alkyl or cyclic N) is 1. The summed E-state index contributed by atoms with van der Waals surface area (Å²) in [5.41, 5.74) is 0.483. The first-order valence-corrected chi connectivity index (χ1v) is 13.4. The Morgan fingerprint density at radius 1 is 0.973 bits per heavy atom. The summed E-state index contributed by atoms with van der Waals surface area (Å²) in [7, 11) is 0. The zero-order valence-corrected chi connectivity index (χ0v) is 22.1. The highest BCUT2D eigenvalue weighted by molar-refractivity contribution is 6.06. The van der Waals surface area contributed by atoms with Gasteiger partial charge >= 0.3 is 0 Å². The molecule has 2 fully saturated rings. The first kappa shape index (κ1) is 25.7. The Morgan fingerprint density at radius 3 is 2.43 bits per heavy atom. The number of aliphatic hydroxyl groups excluding tert-OH is 1. The number of rotatable bonds is 6. The highest BCUT2D eigenvalue weighted by atomic mass is 16.5. The molecule has 8 heteroatoms. The van der Waals surface area contributed by atoms with Gasteiger partial charge in [0, 0.05) is 31.9 Å². The third-order valence-electron chi connectivity index (χ3n) is 8.51. The van der Waals surface area contributed by atoms with Crippen LogP contribution in [-0.4, -0.2) is 82.7 Å². The van der Waals surface area contributed by atoms with E-state index in [0.29, 0.717) is 26.1 Å². The minimum atomic E-state index is -1.30. The molecule has 5 atom stereocenters. The van der Waals surface area contributed by atoms with Gasteiger partial charge in [-0.25, -0.2) is 0 Å². The molecule has 0 radical (unpaired) electrons. The molecule has 198 valence electrons. The number of fused-ring (bicyclic) bond motifs is 2. The van der Waals surface area contributed by atoms with Gasteiger partial charge in [0.2, 0.25) is 11.8 Å². The molecule has 1 unspecified atom stereocenters. The summed E-state index contributed by atoms with van der Waals surface area (Å²) in [5.74, 6) is -2.26. The molecule has 8 nitrogen and oxygen atoms in total. The van der Waals surface area contributed by atoms with Gasteiger partial charge in [-0.05, 0) is 43.9 Å². The summed E-state index contributed by atoms with van der Waals surface area (Å²) >= 11 is 0. The fraction of sp³-hybridized carbons (Fsp3) is 0.552. The molecule has 4 heterocycles. The molecule has 0 bridgehead atoms. The number of nitrogens with zero attached hydrogens (tertiary/aromatic N) is 3. The van der Waals surface area contributed by atoms with Crippen LogP contribution < -0.4 is 4.90 Å². The van der Waals surface area contributed by atoms with Crippen LogP contribution in [0.2, 0.25) is 0 Å². The summed E-state index contributed by atoms with van der Waals surface area (Å²) in [5, 5.41) is 9.89. The van der Waals surface area contributed by atoms with Crippen molar-refractivity contribution in [2.45, 2.75) is 57.8 Å². The van der Waals surface area contributed by atoms with Crippen LogP contribution in [-0.2, 0) is 19.1 Å². The third kappa shape index (κ3) is 3.67. The summed E-state index contributed by atoms with van der Waals surface area (Å²) in [6.07, 6.45) is 8.97. The fourth-order valence-electron chi connectivity index (χ4n) is 6.86. The number of amides is 3. The molecule has 1 aromatic carbocycles. The van der Waals surface area contributed by atoms with E-state index in [-0.39, 0.29) is 30.9 Å². The lowest BCUT2D eigenvalue weighted by Crippen LogP contribution is -2.56.